The van der Waals surface area contributed by atoms with Crippen molar-refractivity contribution in [3.05, 3.63) is 66.0 Å². The molecule has 1 N–H and O–H groups in total. The molecule has 176 valence electrons. The van der Waals surface area contributed by atoms with Crippen LogP contribution in [-0.4, -0.2) is 64.5 Å². The van der Waals surface area contributed by atoms with Crippen LogP contribution in [0.5, 0.6) is 0 Å². The Balaban J connectivity index is 1.20. The number of alkyl halides is 3. The van der Waals surface area contributed by atoms with E-state index < -0.39 is 24.5 Å². The average molecular weight is 460 g/mol. The summed E-state index contributed by atoms with van der Waals surface area (Å²) in [5.41, 5.74) is 1.84. The van der Waals surface area contributed by atoms with Crippen LogP contribution in [0.4, 0.5) is 13.2 Å². The number of rotatable bonds is 8. The molecular weight excluding hydrogens is 431 g/mol. The van der Waals surface area contributed by atoms with Gasteiger partial charge in [-0.3, -0.25) is 9.69 Å². The minimum absolute atomic E-state index is 0.226. The summed E-state index contributed by atoms with van der Waals surface area (Å²) < 4.78 is 41.1. The van der Waals surface area contributed by atoms with Crippen molar-refractivity contribution >= 4 is 16.9 Å². The van der Waals surface area contributed by atoms with Gasteiger partial charge in [-0.05, 0) is 30.7 Å². The molecule has 2 aromatic carbocycles. The summed E-state index contributed by atoms with van der Waals surface area (Å²) in [7, 11) is 0. The number of piperazine rings is 1. The van der Waals surface area contributed by atoms with Crippen molar-refractivity contribution in [2.24, 2.45) is 0 Å². The fraction of sp³-hybridized carbons (Fsp3) is 0.417. The highest BCUT2D eigenvalue weighted by Gasteiger charge is 2.38. The molecule has 0 unspecified atom stereocenters. The van der Waals surface area contributed by atoms with Gasteiger partial charge >= 0.3 is 6.18 Å². The van der Waals surface area contributed by atoms with E-state index in [4.69, 9.17) is 0 Å². The van der Waals surface area contributed by atoms with E-state index in [0.29, 0.717) is 12.1 Å². The quantitative estimate of drug-likeness (QED) is 0.525. The van der Waals surface area contributed by atoms with Crippen LogP contribution in [0.1, 0.15) is 17.8 Å². The van der Waals surface area contributed by atoms with Crippen molar-refractivity contribution < 1.29 is 18.0 Å². The lowest BCUT2D eigenvalue weighted by atomic mass is 10.2. The summed E-state index contributed by atoms with van der Waals surface area (Å²) in [6.07, 6.45) is -3.87. The molecule has 1 saturated heterocycles. The van der Waals surface area contributed by atoms with Gasteiger partial charge in [-0.2, -0.15) is 13.2 Å². The third-order valence-electron chi connectivity index (χ3n) is 5.90. The van der Waals surface area contributed by atoms with E-state index in [1.165, 1.54) is 11.6 Å². The van der Waals surface area contributed by atoms with E-state index in [1.54, 1.807) is 18.2 Å². The van der Waals surface area contributed by atoms with Crippen LogP contribution < -0.4 is 5.32 Å². The maximum absolute atomic E-state index is 13.4. The minimum atomic E-state index is -4.62. The van der Waals surface area contributed by atoms with Crippen molar-refractivity contribution in [2.45, 2.75) is 25.7 Å². The number of benzene rings is 2. The van der Waals surface area contributed by atoms with Gasteiger partial charge in [0.15, 0.2) is 0 Å². The van der Waals surface area contributed by atoms with Crippen LogP contribution in [0.2, 0.25) is 0 Å². The molecule has 0 spiro atoms. The third-order valence-corrected chi connectivity index (χ3v) is 5.90. The number of hydrogen-bond acceptors (Lipinski definition) is 4. The van der Waals surface area contributed by atoms with Crippen LogP contribution >= 0.6 is 0 Å². The number of carbonyl (C=O) groups is 1. The number of nitrogens with one attached hydrogen (secondary N) is 1. The summed E-state index contributed by atoms with van der Waals surface area (Å²) in [5.74, 6) is -1.50. The zero-order valence-electron chi connectivity index (χ0n) is 18.4. The summed E-state index contributed by atoms with van der Waals surface area (Å²) in [6.45, 7) is 5.75. The van der Waals surface area contributed by atoms with E-state index in [0.717, 1.165) is 50.3 Å². The standard InChI is InChI=1S/C24H28F3N5O/c25-24(26,27)23-29-20-9-4-5-10-21(20)32(23)18-22(33)28-11-6-12-30-13-15-31(16-14-30)17-19-7-2-1-3-8-19/h1-5,7-10H,6,11-18H2,(H,28,33). The fourth-order valence-corrected chi connectivity index (χ4v) is 4.19. The van der Waals surface area contributed by atoms with Gasteiger partial charge in [-0.25, -0.2) is 4.98 Å². The third kappa shape index (κ3) is 6.11. The molecule has 0 aliphatic carbocycles. The van der Waals surface area contributed by atoms with Gasteiger partial charge in [-0.1, -0.05) is 42.5 Å². The van der Waals surface area contributed by atoms with E-state index in [1.807, 2.05) is 6.07 Å². The minimum Gasteiger partial charge on any atom is -0.355 e. The molecule has 0 bridgehead atoms. The average Bonchev–Trinajstić information content (AvgIpc) is 3.17. The van der Waals surface area contributed by atoms with E-state index in [9.17, 15) is 18.0 Å². The maximum Gasteiger partial charge on any atom is 0.449 e. The predicted molar refractivity (Wildman–Crippen MR) is 121 cm³/mol. The molecule has 1 aromatic heterocycles. The first-order chi connectivity index (χ1) is 15.9. The molecule has 9 heteroatoms. The van der Waals surface area contributed by atoms with Gasteiger partial charge in [0.25, 0.3) is 0 Å². The number of fused-ring (bicyclic) bond motifs is 1. The zero-order valence-corrected chi connectivity index (χ0v) is 18.4. The molecule has 4 rings (SSSR count). The second kappa shape index (κ2) is 10.4. The van der Waals surface area contributed by atoms with Crippen molar-refractivity contribution in [2.75, 3.05) is 39.3 Å². The van der Waals surface area contributed by atoms with Crippen molar-refractivity contribution in [3.63, 3.8) is 0 Å². The maximum atomic E-state index is 13.4. The van der Waals surface area contributed by atoms with Gasteiger partial charge in [-0.15, -0.1) is 0 Å². The second-order valence-electron chi connectivity index (χ2n) is 8.31. The number of nitrogens with zero attached hydrogens (tertiary/aromatic N) is 4. The number of amides is 1. The predicted octanol–water partition coefficient (Wildman–Crippen LogP) is 3.38. The Hall–Kier alpha value is -2.91. The molecule has 2 heterocycles. The van der Waals surface area contributed by atoms with Gasteiger partial charge in [0, 0.05) is 39.3 Å². The molecule has 3 aromatic rings. The van der Waals surface area contributed by atoms with Gasteiger partial charge in [0.05, 0.1) is 11.0 Å². The lowest BCUT2D eigenvalue weighted by Gasteiger charge is -2.34. The summed E-state index contributed by atoms with van der Waals surface area (Å²) >= 11 is 0. The van der Waals surface area contributed by atoms with Crippen molar-refractivity contribution in [3.8, 4) is 0 Å². The fourth-order valence-electron chi connectivity index (χ4n) is 4.19. The number of imidazole rings is 1. The molecule has 6 nitrogen and oxygen atoms in total. The normalized spacial score (nSPS) is 15.7. The zero-order chi connectivity index (χ0) is 23.3. The van der Waals surface area contributed by atoms with Gasteiger partial charge < -0.3 is 14.8 Å². The van der Waals surface area contributed by atoms with E-state index in [2.05, 4.69) is 44.4 Å². The summed E-state index contributed by atoms with van der Waals surface area (Å²) in [5, 5.41) is 2.75. The molecule has 1 fully saturated rings. The van der Waals surface area contributed by atoms with Crippen LogP contribution in [0.15, 0.2) is 54.6 Å². The Bertz CT molecular complexity index is 1060. The topological polar surface area (TPSA) is 53.4 Å². The molecule has 0 saturated carbocycles. The Morgan fingerprint density at radius 1 is 0.939 bits per heavy atom. The Morgan fingerprint density at radius 3 is 2.33 bits per heavy atom. The summed E-state index contributed by atoms with van der Waals surface area (Å²) in [6, 6.07) is 16.7. The van der Waals surface area contributed by atoms with Gasteiger partial charge in [0.1, 0.15) is 6.54 Å². The van der Waals surface area contributed by atoms with Crippen LogP contribution in [-0.2, 0) is 24.1 Å². The highest BCUT2D eigenvalue weighted by molar-refractivity contribution is 5.81. The number of para-hydroxylation sites is 2. The second-order valence-corrected chi connectivity index (χ2v) is 8.31. The number of aromatic nitrogens is 2. The molecule has 1 aliphatic rings. The first-order valence-electron chi connectivity index (χ1n) is 11.2. The number of hydrogen-bond donors (Lipinski definition) is 1. The lowest BCUT2D eigenvalue weighted by molar-refractivity contribution is -0.147. The molecule has 33 heavy (non-hydrogen) atoms. The first-order valence-corrected chi connectivity index (χ1v) is 11.2. The first kappa shape index (κ1) is 23.3. The Morgan fingerprint density at radius 2 is 1.61 bits per heavy atom. The monoisotopic (exact) mass is 459 g/mol. The Kier molecular flexibility index (Phi) is 7.29. The molecule has 1 aliphatic heterocycles. The van der Waals surface area contributed by atoms with E-state index in [-0.39, 0.29) is 5.52 Å². The lowest BCUT2D eigenvalue weighted by Crippen LogP contribution is -2.46. The van der Waals surface area contributed by atoms with E-state index >= 15 is 0 Å². The largest absolute Gasteiger partial charge is 0.449 e. The van der Waals surface area contributed by atoms with Crippen molar-refractivity contribution in [1.29, 1.82) is 0 Å². The molecule has 1 amide bonds. The highest BCUT2D eigenvalue weighted by Crippen LogP contribution is 2.31. The van der Waals surface area contributed by atoms with Crippen LogP contribution in [0.3, 0.4) is 0 Å². The molecular formula is C24H28F3N5O. The highest BCUT2D eigenvalue weighted by atomic mass is 19.4. The number of carbonyl (C=O) groups excluding carboxylic acids is 1. The molecule has 0 atom stereocenters. The van der Waals surface area contributed by atoms with Gasteiger partial charge in [0.2, 0.25) is 11.7 Å². The van der Waals surface area contributed by atoms with Crippen LogP contribution in [0.25, 0.3) is 11.0 Å². The summed E-state index contributed by atoms with van der Waals surface area (Å²) in [4.78, 5) is 20.8. The Labute approximate surface area is 191 Å². The van der Waals surface area contributed by atoms with Crippen molar-refractivity contribution in [1.82, 2.24) is 24.7 Å². The molecule has 0 radical (unpaired) electrons. The van der Waals surface area contributed by atoms with Crippen LogP contribution in [0, 0.1) is 0 Å². The SMILES string of the molecule is O=C(Cn1c(C(F)(F)F)nc2ccccc21)NCCCN1CCN(Cc2ccccc2)CC1. The smallest absolute Gasteiger partial charge is 0.355 e. The number of halogens is 3.